The Kier molecular flexibility index (Phi) is 7.30. The lowest BCUT2D eigenvalue weighted by molar-refractivity contribution is 0.0536. The fourth-order valence-corrected chi connectivity index (χ4v) is 2.74. The molecule has 2 fully saturated rings. The van der Waals surface area contributed by atoms with Gasteiger partial charge in [-0.1, -0.05) is 12.8 Å². The van der Waals surface area contributed by atoms with E-state index in [0.717, 1.165) is 44.7 Å². The van der Waals surface area contributed by atoms with Crippen LogP contribution in [0.2, 0.25) is 0 Å². The van der Waals surface area contributed by atoms with E-state index in [9.17, 15) is 0 Å². The van der Waals surface area contributed by atoms with Crippen molar-refractivity contribution in [2.75, 3.05) is 53.1 Å². The van der Waals surface area contributed by atoms with Crippen molar-refractivity contribution in [2.45, 2.75) is 32.6 Å². The van der Waals surface area contributed by atoms with E-state index >= 15 is 0 Å². The summed E-state index contributed by atoms with van der Waals surface area (Å²) in [7, 11) is 1.71. The standard InChI is InChI=1S/C16H31N3O2/c1-3-17-16(18-8-6-14-4-5-14)19-9-7-15(12-19)13-21-11-10-20-2/h14-15H,3-13H2,1-2H3,(H,17,18). The second-order valence-corrected chi connectivity index (χ2v) is 6.14. The normalized spacial score (nSPS) is 22.9. The molecule has 1 atom stereocenters. The van der Waals surface area contributed by atoms with E-state index < -0.39 is 0 Å². The molecule has 21 heavy (non-hydrogen) atoms. The molecule has 0 aromatic rings. The molecule has 1 saturated heterocycles. The summed E-state index contributed by atoms with van der Waals surface area (Å²) < 4.78 is 10.7. The lowest BCUT2D eigenvalue weighted by Crippen LogP contribution is -2.40. The molecule has 1 heterocycles. The Labute approximate surface area is 129 Å². The maximum absolute atomic E-state index is 5.65. The Morgan fingerprint density at radius 2 is 2.10 bits per heavy atom. The first kappa shape index (κ1) is 16.6. The molecule has 1 aliphatic heterocycles. The molecular formula is C16H31N3O2. The number of hydrogen-bond donors (Lipinski definition) is 1. The van der Waals surface area contributed by atoms with Gasteiger partial charge in [-0.25, -0.2) is 0 Å². The van der Waals surface area contributed by atoms with Gasteiger partial charge in [0.2, 0.25) is 0 Å². The van der Waals surface area contributed by atoms with Crippen LogP contribution in [0.4, 0.5) is 0 Å². The minimum absolute atomic E-state index is 0.620. The number of methoxy groups -OCH3 is 1. The topological polar surface area (TPSA) is 46.1 Å². The smallest absolute Gasteiger partial charge is 0.193 e. The maximum atomic E-state index is 5.65. The van der Waals surface area contributed by atoms with Crippen molar-refractivity contribution in [3.8, 4) is 0 Å². The third-order valence-electron chi connectivity index (χ3n) is 4.20. The molecule has 0 bridgehead atoms. The van der Waals surface area contributed by atoms with Crippen molar-refractivity contribution in [2.24, 2.45) is 16.8 Å². The fraction of sp³-hybridized carbons (Fsp3) is 0.938. The predicted octanol–water partition coefficient (Wildman–Crippen LogP) is 1.74. The van der Waals surface area contributed by atoms with E-state index in [-0.39, 0.29) is 0 Å². The van der Waals surface area contributed by atoms with Crippen LogP contribution in [0.15, 0.2) is 4.99 Å². The van der Waals surface area contributed by atoms with E-state index in [1.807, 2.05) is 0 Å². The van der Waals surface area contributed by atoms with Gasteiger partial charge in [0.05, 0.1) is 19.8 Å². The number of ether oxygens (including phenoxy) is 2. The minimum atomic E-state index is 0.620. The van der Waals surface area contributed by atoms with Gasteiger partial charge in [-0.2, -0.15) is 0 Å². The lowest BCUT2D eigenvalue weighted by Gasteiger charge is -2.21. The summed E-state index contributed by atoms with van der Waals surface area (Å²) in [6.07, 6.45) is 5.28. The van der Waals surface area contributed by atoms with Crippen LogP contribution in [-0.4, -0.2) is 64.0 Å². The molecule has 5 nitrogen and oxygen atoms in total. The second kappa shape index (κ2) is 9.26. The highest BCUT2D eigenvalue weighted by Crippen LogP contribution is 2.32. The lowest BCUT2D eigenvalue weighted by atomic mass is 10.1. The van der Waals surface area contributed by atoms with Crippen LogP contribution in [0.3, 0.4) is 0 Å². The molecule has 0 amide bonds. The predicted molar refractivity (Wildman–Crippen MR) is 85.7 cm³/mol. The summed E-state index contributed by atoms with van der Waals surface area (Å²) >= 11 is 0. The average molecular weight is 297 g/mol. The second-order valence-electron chi connectivity index (χ2n) is 6.14. The summed E-state index contributed by atoms with van der Waals surface area (Å²) in [6.45, 7) is 8.41. The number of hydrogen-bond acceptors (Lipinski definition) is 3. The largest absolute Gasteiger partial charge is 0.382 e. The molecule has 1 unspecified atom stereocenters. The van der Waals surface area contributed by atoms with E-state index in [0.29, 0.717) is 19.1 Å². The Balaban J connectivity index is 1.70. The quantitative estimate of drug-likeness (QED) is 0.400. The minimum Gasteiger partial charge on any atom is -0.382 e. The summed E-state index contributed by atoms with van der Waals surface area (Å²) in [5, 5.41) is 3.43. The van der Waals surface area contributed by atoms with E-state index in [1.165, 1.54) is 25.7 Å². The summed E-state index contributed by atoms with van der Waals surface area (Å²) in [5.74, 6) is 2.67. The van der Waals surface area contributed by atoms with Crippen molar-refractivity contribution in [1.29, 1.82) is 0 Å². The Bertz CT molecular complexity index is 319. The third-order valence-corrected chi connectivity index (χ3v) is 4.20. The SMILES string of the molecule is CCNC(=NCCC1CC1)N1CCC(COCCOC)C1. The van der Waals surface area contributed by atoms with Crippen molar-refractivity contribution in [3.05, 3.63) is 0 Å². The number of rotatable bonds is 9. The first-order valence-corrected chi connectivity index (χ1v) is 8.43. The van der Waals surface area contributed by atoms with E-state index in [4.69, 9.17) is 14.5 Å². The first-order valence-electron chi connectivity index (χ1n) is 8.43. The van der Waals surface area contributed by atoms with Gasteiger partial charge in [0.15, 0.2) is 5.96 Å². The van der Waals surface area contributed by atoms with Gasteiger partial charge in [-0.3, -0.25) is 4.99 Å². The zero-order valence-electron chi connectivity index (χ0n) is 13.6. The monoisotopic (exact) mass is 297 g/mol. The number of likely N-dealkylation sites (tertiary alicyclic amines) is 1. The molecule has 0 radical (unpaired) electrons. The van der Waals surface area contributed by atoms with Gasteiger partial charge in [-0.05, 0) is 25.7 Å². The molecule has 2 rings (SSSR count). The van der Waals surface area contributed by atoms with Crippen molar-refractivity contribution < 1.29 is 9.47 Å². The van der Waals surface area contributed by atoms with Crippen LogP contribution in [0.5, 0.6) is 0 Å². The van der Waals surface area contributed by atoms with Crippen molar-refractivity contribution in [3.63, 3.8) is 0 Å². The fourth-order valence-electron chi connectivity index (χ4n) is 2.74. The maximum Gasteiger partial charge on any atom is 0.193 e. The van der Waals surface area contributed by atoms with Gasteiger partial charge in [0.1, 0.15) is 0 Å². The molecule has 122 valence electrons. The number of nitrogens with one attached hydrogen (secondary N) is 1. The highest BCUT2D eigenvalue weighted by Gasteiger charge is 2.25. The molecule has 5 heteroatoms. The van der Waals surface area contributed by atoms with Gasteiger partial charge in [0, 0.05) is 39.2 Å². The zero-order valence-corrected chi connectivity index (χ0v) is 13.6. The summed E-state index contributed by atoms with van der Waals surface area (Å²) in [6, 6.07) is 0. The number of guanidine groups is 1. The van der Waals surface area contributed by atoms with Crippen LogP contribution in [-0.2, 0) is 9.47 Å². The van der Waals surface area contributed by atoms with Crippen LogP contribution >= 0.6 is 0 Å². The first-order chi connectivity index (χ1) is 10.3. The van der Waals surface area contributed by atoms with Crippen molar-refractivity contribution >= 4 is 5.96 Å². The molecule has 2 aliphatic rings. The molecular weight excluding hydrogens is 266 g/mol. The van der Waals surface area contributed by atoms with Gasteiger partial charge < -0.3 is 19.7 Å². The molecule has 0 aromatic carbocycles. The highest BCUT2D eigenvalue weighted by atomic mass is 16.5. The summed E-state index contributed by atoms with van der Waals surface area (Å²) in [5.41, 5.74) is 0. The zero-order chi connectivity index (χ0) is 14.9. The van der Waals surface area contributed by atoms with Gasteiger partial charge in [-0.15, -0.1) is 0 Å². The highest BCUT2D eigenvalue weighted by molar-refractivity contribution is 5.80. The van der Waals surface area contributed by atoms with Crippen LogP contribution in [0.1, 0.15) is 32.6 Å². The Hall–Kier alpha value is -0.810. The van der Waals surface area contributed by atoms with Crippen LogP contribution < -0.4 is 5.32 Å². The Morgan fingerprint density at radius 1 is 1.24 bits per heavy atom. The Morgan fingerprint density at radius 3 is 2.81 bits per heavy atom. The third kappa shape index (κ3) is 6.22. The molecule has 1 N–H and O–H groups in total. The van der Waals surface area contributed by atoms with Crippen molar-refractivity contribution in [1.82, 2.24) is 10.2 Å². The molecule has 0 spiro atoms. The molecule has 0 aromatic heterocycles. The average Bonchev–Trinajstić information content (AvgIpc) is 3.19. The molecule has 1 aliphatic carbocycles. The van der Waals surface area contributed by atoms with Gasteiger partial charge in [0.25, 0.3) is 0 Å². The van der Waals surface area contributed by atoms with Crippen LogP contribution in [0, 0.1) is 11.8 Å². The van der Waals surface area contributed by atoms with E-state index in [1.54, 1.807) is 7.11 Å². The summed E-state index contributed by atoms with van der Waals surface area (Å²) in [4.78, 5) is 7.18. The van der Waals surface area contributed by atoms with Gasteiger partial charge >= 0.3 is 0 Å². The number of aliphatic imine (C=N–C) groups is 1. The van der Waals surface area contributed by atoms with Crippen LogP contribution in [0.25, 0.3) is 0 Å². The number of nitrogens with zero attached hydrogens (tertiary/aromatic N) is 2. The molecule has 1 saturated carbocycles. The van der Waals surface area contributed by atoms with E-state index in [2.05, 4.69) is 17.1 Å².